The molecule has 1 N–H and O–H groups in total. The molecule has 1 atom stereocenters. The van der Waals surface area contributed by atoms with Crippen LogP contribution >= 0.6 is 15.9 Å². The Bertz CT molecular complexity index is 410. The van der Waals surface area contributed by atoms with Gasteiger partial charge in [0.25, 0.3) is 5.69 Å². The van der Waals surface area contributed by atoms with Crippen LogP contribution in [-0.4, -0.2) is 11.0 Å². The van der Waals surface area contributed by atoms with E-state index in [2.05, 4.69) is 35.1 Å². The molecule has 0 bridgehead atoms. The Hall–Kier alpha value is -0.940. The molecule has 1 unspecified atom stereocenters. The molecule has 0 aliphatic rings. The molecule has 0 fully saturated rings. The standard InChI is InChI=1S/C13H19BrN2O2/c1-3-4-6-10(2)15-9-11-7-5-8-12(13(11)14)16(17)18/h5,7-8,10,15H,3-4,6,9H2,1-2H3. The fourth-order valence-electron chi connectivity index (χ4n) is 1.74. The van der Waals surface area contributed by atoms with Crippen molar-refractivity contribution in [2.24, 2.45) is 0 Å². The van der Waals surface area contributed by atoms with Crippen LogP contribution in [0.3, 0.4) is 0 Å². The molecule has 0 aromatic heterocycles. The van der Waals surface area contributed by atoms with E-state index in [1.54, 1.807) is 6.07 Å². The average molecular weight is 315 g/mol. The summed E-state index contributed by atoms with van der Waals surface area (Å²) in [6.07, 6.45) is 3.51. The predicted octanol–water partition coefficient (Wildman–Crippen LogP) is 4.03. The fraction of sp³-hybridized carbons (Fsp3) is 0.538. The number of rotatable bonds is 7. The molecular formula is C13H19BrN2O2. The quantitative estimate of drug-likeness (QED) is 0.610. The molecule has 0 heterocycles. The van der Waals surface area contributed by atoms with Gasteiger partial charge in [-0.1, -0.05) is 31.9 Å². The van der Waals surface area contributed by atoms with Gasteiger partial charge < -0.3 is 5.32 Å². The fourth-order valence-corrected chi connectivity index (χ4v) is 2.29. The minimum absolute atomic E-state index is 0.121. The Kier molecular flexibility index (Phi) is 6.29. The number of nitrogens with zero attached hydrogens (tertiary/aromatic N) is 1. The summed E-state index contributed by atoms with van der Waals surface area (Å²) in [4.78, 5) is 10.4. The Morgan fingerprint density at radius 3 is 2.83 bits per heavy atom. The SMILES string of the molecule is CCCCC(C)NCc1cccc([N+](=O)[O-])c1Br. The summed E-state index contributed by atoms with van der Waals surface area (Å²) in [6, 6.07) is 5.55. The lowest BCUT2D eigenvalue weighted by Gasteiger charge is -2.14. The topological polar surface area (TPSA) is 55.2 Å². The number of nitro groups is 1. The van der Waals surface area contributed by atoms with Gasteiger partial charge in [0.15, 0.2) is 0 Å². The van der Waals surface area contributed by atoms with Crippen LogP contribution in [0.4, 0.5) is 5.69 Å². The van der Waals surface area contributed by atoms with E-state index < -0.39 is 0 Å². The summed E-state index contributed by atoms with van der Waals surface area (Å²) in [6.45, 7) is 4.96. The molecule has 18 heavy (non-hydrogen) atoms. The van der Waals surface area contributed by atoms with Gasteiger partial charge in [0.2, 0.25) is 0 Å². The van der Waals surface area contributed by atoms with Gasteiger partial charge in [-0.25, -0.2) is 0 Å². The number of hydrogen-bond donors (Lipinski definition) is 1. The lowest BCUT2D eigenvalue weighted by Crippen LogP contribution is -2.25. The zero-order valence-electron chi connectivity index (χ0n) is 10.8. The number of hydrogen-bond acceptors (Lipinski definition) is 3. The van der Waals surface area contributed by atoms with Crippen LogP contribution in [0.5, 0.6) is 0 Å². The van der Waals surface area contributed by atoms with Crippen LogP contribution in [0.15, 0.2) is 22.7 Å². The van der Waals surface area contributed by atoms with Crippen molar-refractivity contribution >= 4 is 21.6 Å². The second kappa shape index (κ2) is 7.48. The molecule has 1 aromatic rings. The lowest BCUT2D eigenvalue weighted by atomic mass is 10.1. The van der Waals surface area contributed by atoms with Gasteiger partial charge in [0, 0.05) is 18.7 Å². The first-order chi connectivity index (χ1) is 8.56. The number of benzene rings is 1. The van der Waals surface area contributed by atoms with Crippen molar-refractivity contribution in [3.05, 3.63) is 38.3 Å². The van der Waals surface area contributed by atoms with E-state index in [-0.39, 0.29) is 10.6 Å². The largest absolute Gasteiger partial charge is 0.310 e. The van der Waals surface area contributed by atoms with Gasteiger partial charge >= 0.3 is 0 Å². The third-order valence-corrected chi connectivity index (χ3v) is 3.80. The molecule has 0 saturated carbocycles. The minimum atomic E-state index is -0.367. The molecule has 1 rings (SSSR count). The normalized spacial score (nSPS) is 12.4. The summed E-state index contributed by atoms with van der Waals surface area (Å²) in [5.74, 6) is 0. The number of nitrogens with one attached hydrogen (secondary N) is 1. The number of halogens is 1. The van der Waals surface area contributed by atoms with Crippen molar-refractivity contribution < 1.29 is 4.92 Å². The molecule has 0 amide bonds. The average Bonchev–Trinajstić information content (AvgIpc) is 2.34. The van der Waals surface area contributed by atoms with Crippen LogP contribution in [0.25, 0.3) is 0 Å². The molecule has 0 aliphatic carbocycles. The first-order valence-electron chi connectivity index (χ1n) is 6.21. The maximum atomic E-state index is 10.8. The van der Waals surface area contributed by atoms with Crippen molar-refractivity contribution in [3.63, 3.8) is 0 Å². The summed E-state index contributed by atoms with van der Waals surface area (Å²) >= 11 is 3.30. The molecule has 0 saturated heterocycles. The van der Waals surface area contributed by atoms with Crippen molar-refractivity contribution in [1.29, 1.82) is 0 Å². The third kappa shape index (κ3) is 4.38. The van der Waals surface area contributed by atoms with E-state index in [1.807, 2.05) is 6.07 Å². The zero-order valence-corrected chi connectivity index (χ0v) is 12.4. The molecule has 5 heteroatoms. The highest BCUT2D eigenvalue weighted by atomic mass is 79.9. The van der Waals surface area contributed by atoms with E-state index in [9.17, 15) is 10.1 Å². The summed E-state index contributed by atoms with van der Waals surface area (Å²) in [7, 11) is 0. The molecule has 4 nitrogen and oxygen atoms in total. The molecule has 0 aliphatic heterocycles. The van der Waals surface area contributed by atoms with E-state index in [4.69, 9.17) is 0 Å². The van der Waals surface area contributed by atoms with Gasteiger partial charge in [0.05, 0.1) is 9.40 Å². The minimum Gasteiger partial charge on any atom is -0.310 e. The number of nitro benzene ring substituents is 1. The highest BCUT2D eigenvalue weighted by molar-refractivity contribution is 9.10. The van der Waals surface area contributed by atoms with Gasteiger partial charge in [-0.3, -0.25) is 10.1 Å². The van der Waals surface area contributed by atoms with Gasteiger partial charge in [-0.15, -0.1) is 0 Å². The maximum Gasteiger partial charge on any atom is 0.283 e. The Balaban J connectivity index is 2.62. The van der Waals surface area contributed by atoms with E-state index in [1.165, 1.54) is 18.9 Å². The highest BCUT2D eigenvalue weighted by Gasteiger charge is 2.14. The van der Waals surface area contributed by atoms with Gasteiger partial charge in [0.1, 0.15) is 0 Å². The van der Waals surface area contributed by atoms with Crippen molar-refractivity contribution in [1.82, 2.24) is 5.32 Å². The van der Waals surface area contributed by atoms with E-state index in [0.717, 1.165) is 12.0 Å². The molecule has 100 valence electrons. The van der Waals surface area contributed by atoms with Crippen LogP contribution in [0.2, 0.25) is 0 Å². The first-order valence-corrected chi connectivity index (χ1v) is 7.00. The zero-order chi connectivity index (χ0) is 13.5. The van der Waals surface area contributed by atoms with E-state index in [0.29, 0.717) is 17.1 Å². The lowest BCUT2D eigenvalue weighted by molar-refractivity contribution is -0.385. The monoisotopic (exact) mass is 314 g/mol. The summed E-state index contributed by atoms with van der Waals surface area (Å²) in [5, 5.41) is 14.2. The Labute approximate surface area is 116 Å². The van der Waals surface area contributed by atoms with Gasteiger partial charge in [-0.05, 0) is 34.8 Å². The van der Waals surface area contributed by atoms with Crippen LogP contribution < -0.4 is 5.32 Å². The summed E-state index contributed by atoms with van der Waals surface area (Å²) in [5.41, 5.74) is 1.04. The molecule has 0 spiro atoms. The smallest absolute Gasteiger partial charge is 0.283 e. The molecular weight excluding hydrogens is 296 g/mol. The van der Waals surface area contributed by atoms with Crippen molar-refractivity contribution in [2.75, 3.05) is 0 Å². The van der Waals surface area contributed by atoms with Crippen molar-refractivity contribution in [3.8, 4) is 0 Å². The highest BCUT2D eigenvalue weighted by Crippen LogP contribution is 2.28. The Morgan fingerprint density at radius 2 is 2.22 bits per heavy atom. The first kappa shape index (κ1) is 15.1. The second-order valence-electron chi connectivity index (χ2n) is 4.43. The van der Waals surface area contributed by atoms with Crippen molar-refractivity contribution in [2.45, 2.75) is 45.7 Å². The Morgan fingerprint density at radius 1 is 1.50 bits per heavy atom. The third-order valence-electron chi connectivity index (χ3n) is 2.89. The second-order valence-corrected chi connectivity index (χ2v) is 5.22. The molecule has 0 radical (unpaired) electrons. The predicted molar refractivity (Wildman–Crippen MR) is 76.6 cm³/mol. The number of unbranched alkanes of at least 4 members (excludes halogenated alkanes) is 1. The van der Waals surface area contributed by atoms with Crippen LogP contribution in [0.1, 0.15) is 38.7 Å². The summed E-state index contributed by atoms with van der Waals surface area (Å²) < 4.78 is 0.574. The maximum absolute atomic E-state index is 10.8. The molecule has 1 aromatic carbocycles. The van der Waals surface area contributed by atoms with Gasteiger partial charge in [-0.2, -0.15) is 0 Å². The van der Waals surface area contributed by atoms with Crippen LogP contribution in [0, 0.1) is 10.1 Å². The van der Waals surface area contributed by atoms with E-state index >= 15 is 0 Å². The van der Waals surface area contributed by atoms with Crippen LogP contribution in [-0.2, 0) is 6.54 Å².